The average Bonchev–Trinajstić information content (AvgIpc) is 3.00. The topological polar surface area (TPSA) is 62.3 Å². The van der Waals surface area contributed by atoms with E-state index >= 15 is 0 Å². The molecule has 1 N–H and O–H groups in total. The van der Waals surface area contributed by atoms with E-state index in [-0.39, 0.29) is 17.7 Å². The predicted molar refractivity (Wildman–Crippen MR) is 108 cm³/mol. The molecule has 0 unspecified atom stereocenters. The zero-order valence-electron chi connectivity index (χ0n) is 14.8. The van der Waals surface area contributed by atoms with Gasteiger partial charge in [-0.25, -0.2) is 4.98 Å². The van der Waals surface area contributed by atoms with Crippen molar-refractivity contribution in [3.63, 3.8) is 0 Å². The molecular weight excluding hydrogens is 382 g/mol. The van der Waals surface area contributed by atoms with E-state index in [9.17, 15) is 9.59 Å². The molecule has 7 heteroatoms. The van der Waals surface area contributed by atoms with E-state index in [0.29, 0.717) is 29.7 Å². The number of thiazole rings is 1. The van der Waals surface area contributed by atoms with E-state index < -0.39 is 0 Å². The molecule has 2 amide bonds. The first-order valence-electron chi connectivity index (χ1n) is 9.11. The lowest BCUT2D eigenvalue weighted by atomic mass is 9.85. The van der Waals surface area contributed by atoms with Crippen LogP contribution in [0.1, 0.15) is 35.4 Å². The van der Waals surface area contributed by atoms with Crippen molar-refractivity contribution >= 4 is 46.0 Å². The van der Waals surface area contributed by atoms with Gasteiger partial charge in [0.15, 0.2) is 5.13 Å². The van der Waals surface area contributed by atoms with Crippen LogP contribution >= 0.6 is 22.9 Å². The number of fused-ring (bicyclic) bond motifs is 1. The van der Waals surface area contributed by atoms with Crippen molar-refractivity contribution in [1.29, 1.82) is 0 Å². The van der Waals surface area contributed by atoms with Gasteiger partial charge in [-0.3, -0.25) is 9.59 Å². The van der Waals surface area contributed by atoms with Gasteiger partial charge >= 0.3 is 0 Å². The van der Waals surface area contributed by atoms with Gasteiger partial charge < -0.3 is 10.2 Å². The smallest absolute Gasteiger partial charge is 0.246 e. The number of benzene rings is 1. The van der Waals surface area contributed by atoms with Gasteiger partial charge in [-0.1, -0.05) is 47.6 Å². The maximum Gasteiger partial charge on any atom is 0.246 e. The number of amides is 2. The monoisotopic (exact) mass is 401 g/mol. The molecule has 4 rings (SSSR count). The first-order chi connectivity index (χ1) is 13.1. The van der Waals surface area contributed by atoms with Gasteiger partial charge in [-0.2, -0.15) is 0 Å². The van der Waals surface area contributed by atoms with Crippen LogP contribution in [0.4, 0.5) is 5.13 Å². The number of anilines is 1. The number of nitrogens with one attached hydrogen (secondary N) is 1. The number of nitrogens with zero attached hydrogens (tertiary/aromatic N) is 2. The minimum absolute atomic E-state index is 0.0472. The van der Waals surface area contributed by atoms with Crippen LogP contribution in [0.25, 0.3) is 6.08 Å². The standard InChI is InChI=1S/C20H20ClN3O2S/c21-15-7-2-1-4-13(15)8-9-18(25)24-11-10-16-17(12-24)27-20(22-16)23-19(26)14-5-3-6-14/h1-2,4,7-9,14H,3,5-6,10-12H2,(H,22,23,26)/b9-8+. The predicted octanol–water partition coefficient (Wildman–Crippen LogP) is 4.13. The van der Waals surface area contributed by atoms with E-state index in [1.165, 1.54) is 11.3 Å². The number of hydrogen-bond acceptors (Lipinski definition) is 4. The second-order valence-electron chi connectivity index (χ2n) is 6.87. The largest absolute Gasteiger partial charge is 0.334 e. The van der Waals surface area contributed by atoms with E-state index in [0.717, 1.165) is 35.4 Å². The normalized spacial score (nSPS) is 16.9. The zero-order valence-corrected chi connectivity index (χ0v) is 16.4. The van der Waals surface area contributed by atoms with Crippen molar-refractivity contribution in [2.75, 3.05) is 11.9 Å². The molecule has 0 spiro atoms. The summed E-state index contributed by atoms with van der Waals surface area (Å²) in [5, 5.41) is 4.21. The highest BCUT2D eigenvalue weighted by Crippen LogP contribution is 2.31. The van der Waals surface area contributed by atoms with Crippen LogP contribution < -0.4 is 5.32 Å². The summed E-state index contributed by atoms with van der Waals surface area (Å²) >= 11 is 7.60. The van der Waals surface area contributed by atoms with Crippen LogP contribution in [0.15, 0.2) is 30.3 Å². The maximum atomic E-state index is 12.5. The molecule has 1 aromatic carbocycles. The Hall–Kier alpha value is -2.18. The van der Waals surface area contributed by atoms with Crippen molar-refractivity contribution < 1.29 is 9.59 Å². The molecule has 0 saturated heterocycles. The van der Waals surface area contributed by atoms with Gasteiger partial charge in [0.1, 0.15) is 0 Å². The third-order valence-corrected chi connectivity index (χ3v) is 6.40. The lowest BCUT2D eigenvalue weighted by Crippen LogP contribution is -2.34. The van der Waals surface area contributed by atoms with Crippen molar-refractivity contribution in [3.8, 4) is 0 Å². The number of hydrogen-bond donors (Lipinski definition) is 1. The van der Waals surface area contributed by atoms with E-state index in [4.69, 9.17) is 11.6 Å². The third-order valence-electron chi connectivity index (χ3n) is 5.06. The highest BCUT2D eigenvalue weighted by Gasteiger charge is 2.27. The Morgan fingerprint density at radius 3 is 2.85 bits per heavy atom. The number of rotatable bonds is 4. The Bertz CT molecular complexity index is 904. The second-order valence-corrected chi connectivity index (χ2v) is 8.36. The molecule has 1 fully saturated rings. The Morgan fingerprint density at radius 1 is 1.30 bits per heavy atom. The average molecular weight is 402 g/mol. The quantitative estimate of drug-likeness (QED) is 0.783. The maximum absolute atomic E-state index is 12.5. The summed E-state index contributed by atoms with van der Waals surface area (Å²) in [6.07, 6.45) is 7.08. The molecule has 1 saturated carbocycles. The molecule has 140 valence electrons. The third kappa shape index (κ3) is 4.06. The minimum Gasteiger partial charge on any atom is -0.334 e. The summed E-state index contributed by atoms with van der Waals surface area (Å²) in [4.78, 5) is 32.0. The van der Waals surface area contributed by atoms with Crippen LogP contribution in [0.5, 0.6) is 0 Å². The summed E-state index contributed by atoms with van der Waals surface area (Å²) in [7, 11) is 0. The molecule has 5 nitrogen and oxygen atoms in total. The van der Waals surface area contributed by atoms with Gasteiger partial charge in [-0.05, 0) is 30.5 Å². The van der Waals surface area contributed by atoms with Crippen molar-refractivity contribution in [2.45, 2.75) is 32.2 Å². The van der Waals surface area contributed by atoms with E-state index in [2.05, 4.69) is 10.3 Å². The molecular formula is C20H20ClN3O2S. The van der Waals surface area contributed by atoms with Gasteiger partial charge in [0.05, 0.1) is 12.2 Å². The van der Waals surface area contributed by atoms with E-state index in [1.807, 2.05) is 18.2 Å². The Balaban J connectivity index is 1.39. The SMILES string of the molecule is O=C(Nc1nc2c(s1)CN(C(=O)/C=C/c1ccccc1Cl)CC2)C1CCC1. The fourth-order valence-electron chi connectivity index (χ4n) is 3.19. The van der Waals surface area contributed by atoms with Crippen LogP contribution in [0, 0.1) is 5.92 Å². The first-order valence-corrected chi connectivity index (χ1v) is 10.3. The number of carbonyl (C=O) groups is 2. The number of carbonyl (C=O) groups excluding carboxylic acids is 2. The molecule has 1 aliphatic heterocycles. The molecule has 0 atom stereocenters. The molecule has 1 aliphatic carbocycles. The fourth-order valence-corrected chi connectivity index (χ4v) is 4.42. The van der Waals surface area contributed by atoms with Gasteiger partial charge in [0.25, 0.3) is 0 Å². The summed E-state index contributed by atoms with van der Waals surface area (Å²) in [5.41, 5.74) is 1.81. The van der Waals surface area contributed by atoms with Crippen LogP contribution in [-0.4, -0.2) is 28.2 Å². The van der Waals surface area contributed by atoms with E-state index in [1.54, 1.807) is 23.1 Å². The molecule has 0 bridgehead atoms. The summed E-state index contributed by atoms with van der Waals surface area (Å²) in [5.74, 6) is 0.163. The molecule has 2 aromatic rings. The Labute approximate surface area is 167 Å². The van der Waals surface area contributed by atoms with Crippen LogP contribution in [0.3, 0.4) is 0 Å². The van der Waals surface area contributed by atoms with Gasteiger partial charge in [0.2, 0.25) is 11.8 Å². The number of aromatic nitrogens is 1. The Morgan fingerprint density at radius 2 is 2.11 bits per heavy atom. The van der Waals surface area contributed by atoms with Crippen LogP contribution in [0.2, 0.25) is 5.02 Å². The summed E-state index contributed by atoms with van der Waals surface area (Å²) in [6.45, 7) is 1.15. The lowest BCUT2D eigenvalue weighted by molar-refractivity contribution is -0.126. The second kappa shape index (κ2) is 7.82. The highest BCUT2D eigenvalue weighted by atomic mass is 35.5. The molecule has 27 heavy (non-hydrogen) atoms. The van der Waals surface area contributed by atoms with Crippen LogP contribution in [-0.2, 0) is 22.6 Å². The first kappa shape index (κ1) is 18.2. The molecule has 0 radical (unpaired) electrons. The van der Waals surface area contributed by atoms with Crippen molar-refractivity contribution in [3.05, 3.63) is 51.5 Å². The lowest BCUT2D eigenvalue weighted by Gasteiger charge is -2.24. The van der Waals surface area contributed by atoms with Gasteiger partial charge in [0, 0.05) is 34.9 Å². The molecule has 2 heterocycles. The highest BCUT2D eigenvalue weighted by molar-refractivity contribution is 7.15. The van der Waals surface area contributed by atoms with Gasteiger partial charge in [-0.15, -0.1) is 0 Å². The summed E-state index contributed by atoms with van der Waals surface area (Å²) < 4.78 is 0. The molecule has 1 aromatic heterocycles. The Kier molecular flexibility index (Phi) is 5.27. The van der Waals surface area contributed by atoms with Crippen molar-refractivity contribution in [2.24, 2.45) is 5.92 Å². The molecule has 2 aliphatic rings. The fraction of sp³-hybridized carbons (Fsp3) is 0.350. The van der Waals surface area contributed by atoms with Crippen molar-refractivity contribution in [1.82, 2.24) is 9.88 Å². The zero-order chi connectivity index (χ0) is 18.8. The summed E-state index contributed by atoms with van der Waals surface area (Å²) in [6, 6.07) is 7.43. The minimum atomic E-state index is -0.0472. The number of halogens is 1.